The molecule has 1 saturated carbocycles. The van der Waals surface area contributed by atoms with Crippen molar-refractivity contribution in [1.29, 1.82) is 0 Å². The van der Waals surface area contributed by atoms with Crippen molar-refractivity contribution >= 4 is 5.91 Å². The second-order valence-corrected chi connectivity index (χ2v) is 5.21. The molecule has 1 amide bonds. The molecule has 0 aliphatic heterocycles. The smallest absolute Gasteiger partial charge is 0.253 e. The van der Waals surface area contributed by atoms with Crippen LogP contribution in [0, 0.1) is 5.41 Å². The maximum Gasteiger partial charge on any atom is 0.253 e. The van der Waals surface area contributed by atoms with Crippen LogP contribution in [0.15, 0.2) is 18.5 Å². The predicted octanol–water partition coefficient (Wildman–Crippen LogP) is 1.79. The Hall–Kier alpha value is -1.45. The van der Waals surface area contributed by atoms with Gasteiger partial charge in [-0.1, -0.05) is 13.8 Å². The highest BCUT2D eigenvalue weighted by atomic mass is 16.1. The first-order valence-electron chi connectivity index (χ1n) is 5.64. The minimum absolute atomic E-state index is 0.0439. The fourth-order valence-electron chi connectivity index (χ4n) is 2.25. The highest BCUT2D eigenvalue weighted by Gasteiger charge is 2.31. The average molecular weight is 219 g/mol. The second kappa shape index (κ2) is 4.20. The van der Waals surface area contributed by atoms with Crippen LogP contribution < -0.4 is 5.32 Å². The lowest BCUT2D eigenvalue weighted by atomic mass is 9.92. The first-order valence-corrected chi connectivity index (χ1v) is 5.64. The molecule has 1 aromatic heterocycles. The second-order valence-electron chi connectivity index (χ2n) is 5.21. The average Bonchev–Trinajstić information content (AvgIpc) is 2.59. The van der Waals surface area contributed by atoms with Gasteiger partial charge in [-0.2, -0.15) is 10.2 Å². The summed E-state index contributed by atoms with van der Waals surface area (Å²) in [7, 11) is 0. The first kappa shape index (κ1) is 11.0. The van der Waals surface area contributed by atoms with Gasteiger partial charge in [-0.05, 0) is 30.7 Å². The van der Waals surface area contributed by atoms with Crippen molar-refractivity contribution in [2.24, 2.45) is 5.41 Å². The molecule has 1 aliphatic rings. The van der Waals surface area contributed by atoms with E-state index in [0.29, 0.717) is 17.0 Å². The molecular weight excluding hydrogens is 202 g/mol. The van der Waals surface area contributed by atoms with Crippen LogP contribution in [0.25, 0.3) is 0 Å². The molecule has 0 bridgehead atoms. The zero-order chi connectivity index (χ0) is 11.6. The summed E-state index contributed by atoms with van der Waals surface area (Å²) >= 11 is 0. The van der Waals surface area contributed by atoms with E-state index in [2.05, 4.69) is 29.4 Å². The highest BCUT2D eigenvalue weighted by Crippen LogP contribution is 2.36. The Bertz CT molecular complexity index is 375. The third kappa shape index (κ3) is 2.56. The zero-order valence-corrected chi connectivity index (χ0v) is 9.73. The Morgan fingerprint density at radius 2 is 2.31 bits per heavy atom. The molecule has 1 atom stereocenters. The lowest BCUT2D eigenvalue weighted by Crippen LogP contribution is -2.33. The summed E-state index contributed by atoms with van der Waals surface area (Å²) in [5.74, 6) is -0.0439. The summed E-state index contributed by atoms with van der Waals surface area (Å²) in [6.07, 6.45) is 6.32. The summed E-state index contributed by atoms with van der Waals surface area (Å²) in [5.41, 5.74) is 0.939. The van der Waals surface area contributed by atoms with E-state index in [0.717, 1.165) is 12.8 Å². The van der Waals surface area contributed by atoms with E-state index in [1.54, 1.807) is 6.07 Å². The fraction of sp³-hybridized carbons (Fsp3) is 0.583. The van der Waals surface area contributed by atoms with Crippen LogP contribution >= 0.6 is 0 Å². The van der Waals surface area contributed by atoms with Gasteiger partial charge in [0.05, 0.1) is 18.0 Å². The van der Waals surface area contributed by atoms with Gasteiger partial charge in [-0.25, -0.2) is 0 Å². The molecule has 2 rings (SSSR count). The quantitative estimate of drug-likeness (QED) is 0.825. The fourth-order valence-corrected chi connectivity index (χ4v) is 2.25. The van der Waals surface area contributed by atoms with E-state index in [1.165, 1.54) is 18.8 Å². The topological polar surface area (TPSA) is 54.9 Å². The largest absolute Gasteiger partial charge is 0.349 e. The number of carbonyl (C=O) groups excluding carboxylic acids is 1. The monoisotopic (exact) mass is 219 g/mol. The molecule has 0 aromatic carbocycles. The van der Waals surface area contributed by atoms with E-state index < -0.39 is 0 Å². The lowest BCUT2D eigenvalue weighted by molar-refractivity contribution is 0.0935. The molecule has 1 heterocycles. The van der Waals surface area contributed by atoms with E-state index in [9.17, 15) is 4.79 Å². The molecule has 16 heavy (non-hydrogen) atoms. The molecule has 1 fully saturated rings. The van der Waals surface area contributed by atoms with E-state index >= 15 is 0 Å². The molecule has 1 aliphatic carbocycles. The highest BCUT2D eigenvalue weighted by molar-refractivity contribution is 5.93. The van der Waals surface area contributed by atoms with Crippen molar-refractivity contribution < 1.29 is 4.79 Å². The minimum Gasteiger partial charge on any atom is -0.349 e. The number of nitrogens with zero attached hydrogens (tertiary/aromatic N) is 2. The Morgan fingerprint density at radius 1 is 1.50 bits per heavy atom. The van der Waals surface area contributed by atoms with Crippen molar-refractivity contribution in [1.82, 2.24) is 15.5 Å². The molecule has 1 aromatic rings. The summed E-state index contributed by atoms with van der Waals surface area (Å²) in [6.45, 7) is 4.49. The lowest BCUT2D eigenvalue weighted by Gasteiger charge is -2.17. The van der Waals surface area contributed by atoms with Gasteiger partial charge in [0.15, 0.2) is 0 Å². The van der Waals surface area contributed by atoms with Crippen LogP contribution in [0.1, 0.15) is 43.5 Å². The summed E-state index contributed by atoms with van der Waals surface area (Å²) < 4.78 is 0. The molecule has 0 radical (unpaired) electrons. The van der Waals surface area contributed by atoms with Gasteiger partial charge in [0, 0.05) is 6.04 Å². The third-order valence-electron chi connectivity index (χ3n) is 3.15. The number of amides is 1. The van der Waals surface area contributed by atoms with Crippen LogP contribution in [0.3, 0.4) is 0 Å². The standard InChI is InChI=1S/C12H17N3O/c1-12(2)5-3-10(7-12)15-11(16)9-4-6-13-14-8-9/h4,6,8,10H,3,5,7H2,1-2H3,(H,15,16). The van der Waals surface area contributed by atoms with E-state index in [1.807, 2.05) is 0 Å². The Kier molecular flexibility index (Phi) is 2.90. The van der Waals surface area contributed by atoms with Gasteiger partial charge in [-0.3, -0.25) is 4.79 Å². The maximum absolute atomic E-state index is 11.8. The van der Waals surface area contributed by atoms with Crippen LogP contribution in [0.5, 0.6) is 0 Å². The van der Waals surface area contributed by atoms with Gasteiger partial charge in [0.2, 0.25) is 0 Å². The van der Waals surface area contributed by atoms with Crippen molar-refractivity contribution in [2.45, 2.75) is 39.2 Å². The molecule has 1 N–H and O–H groups in total. The van der Waals surface area contributed by atoms with E-state index in [4.69, 9.17) is 0 Å². The van der Waals surface area contributed by atoms with Crippen LogP contribution in [-0.2, 0) is 0 Å². The van der Waals surface area contributed by atoms with Crippen molar-refractivity contribution in [2.75, 3.05) is 0 Å². The number of aromatic nitrogens is 2. The maximum atomic E-state index is 11.8. The van der Waals surface area contributed by atoms with Crippen LogP contribution in [-0.4, -0.2) is 22.1 Å². The van der Waals surface area contributed by atoms with Gasteiger partial charge in [-0.15, -0.1) is 0 Å². The summed E-state index contributed by atoms with van der Waals surface area (Å²) in [6, 6.07) is 1.98. The number of rotatable bonds is 2. The Balaban J connectivity index is 1.94. The number of hydrogen-bond donors (Lipinski definition) is 1. The minimum atomic E-state index is -0.0439. The number of nitrogens with one attached hydrogen (secondary N) is 1. The van der Waals surface area contributed by atoms with Gasteiger partial charge >= 0.3 is 0 Å². The summed E-state index contributed by atoms with van der Waals surface area (Å²) in [5, 5.41) is 10.4. The molecule has 0 saturated heterocycles. The number of hydrogen-bond acceptors (Lipinski definition) is 3. The number of carbonyl (C=O) groups is 1. The molecule has 86 valence electrons. The van der Waals surface area contributed by atoms with Gasteiger partial charge < -0.3 is 5.32 Å². The third-order valence-corrected chi connectivity index (χ3v) is 3.15. The molecular formula is C12H17N3O. The normalized spacial score (nSPS) is 23.0. The molecule has 4 nitrogen and oxygen atoms in total. The van der Waals surface area contributed by atoms with Crippen molar-refractivity contribution in [3.8, 4) is 0 Å². The van der Waals surface area contributed by atoms with Crippen LogP contribution in [0.4, 0.5) is 0 Å². The van der Waals surface area contributed by atoms with Crippen molar-refractivity contribution in [3.05, 3.63) is 24.0 Å². The summed E-state index contributed by atoms with van der Waals surface area (Å²) in [4.78, 5) is 11.8. The molecule has 0 spiro atoms. The SMILES string of the molecule is CC1(C)CCC(NC(=O)c2ccnnc2)C1. The Labute approximate surface area is 95.5 Å². The Morgan fingerprint density at radius 3 is 2.88 bits per heavy atom. The molecule has 4 heteroatoms. The predicted molar refractivity (Wildman–Crippen MR) is 60.9 cm³/mol. The van der Waals surface area contributed by atoms with Gasteiger partial charge in [0.1, 0.15) is 0 Å². The first-order chi connectivity index (χ1) is 7.57. The van der Waals surface area contributed by atoms with Crippen LogP contribution in [0.2, 0.25) is 0 Å². The van der Waals surface area contributed by atoms with Crippen molar-refractivity contribution in [3.63, 3.8) is 0 Å². The molecule has 1 unspecified atom stereocenters. The zero-order valence-electron chi connectivity index (χ0n) is 9.73. The van der Waals surface area contributed by atoms with Gasteiger partial charge in [0.25, 0.3) is 5.91 Å². The van der Waals surface area contributed by atoms with E-state index in [-0.39, 0.29) is 5.91 Å².